The minimum absolute atomic E-state index is 0.156. The lowest BCUT2D eigenvalue weighted by molar-refractivity contribution is 0.263. The molecule has 0 spiro atoms. The molecule has 0 aliphatic rings. The van der Waals surface area contributed by atoms with Crippen molar-refractivity contribution in [2.75, 3.05) is 6.61 Å². The molecule has 17 heavy (non-hydrogen) atoms. The summed E-state index contributed by atoms with van der Waals surface area (Å²) < 4.78 is 0. The number of aryl methyl sites for hydroxylation is 1. The number of hydrogen-bond donors (Lipinski definition) is 2. The van der Waals surface area contributed by atoms with Gasteiger partial charge in [0.1, 0.15) is 5.82 Å². The largest absolute Gasteiger partial charge is 0.394 e. The molecular formula is C13H15N3O. The van der Waals surface area contributed by atoms with Gasteiger partial charge in [-0.15, -0.1) is 0 Å². The molecule has 0 fully saturated rings. The molecule has 1 aromatic heterocycles. The van der Waals surface area contributed by atoms with Gasteiger partial charge in [-0.3, -0.25) is 0 Å². The van der Waals surface area contributed by atoms with Gasteiger partial charge in [0.25, 0.3) is 0 Å². The number of rotatable bonds is 3. The summed E-state index contributed by atoms with van der Waals surface area (Å²) in [4.78, 5) is 8.45. The standard InChI is InChI=1S/C13H15N3O/c1-9-4-2-3-5-10(9)12-6-7-15-13(16-12)11(14)8-17/h2-7,11,17H,8,14H2,1H3. The fourth-order valence-corrected chi connectivity index (χ4v) is 1.64. The second-order valence-corrected chi connectivity index (χ2v) is 3.90. The first-order chi connectivity index (χ1) is 8.22. The van der Waals surface area contributed by atoms with Gasteiger partial charge in [0.2, 0.25) is 0 Å². The van der Waals surface area contributed by atoms with Crippen LogP contribution < -0.4 is 5.73 Å². The van der Waals surface area contributed by atoms with Gasteiger partial charge in [-0.1, -0.05) is 24.3 Å². The first-order valence-corrected chi connectivity index (χ1v) is 5.47. The van der Waals surface area contributed by atoms with Crippen molar-refractivity contribution in [3.05, 3.63) is 47.9 Å². The van der Waals surface area contributed by atoms with Crippen molar-refractivity contribution in [2.24, 2.45) is 5.73 Å². The van der Waals surface area contributed by atoms with E-state index in [0.29, 0.717) is 5.82 Å². The maximum absolute atomic E-state index is 9.00. The highest BCUT2D eigenvalue weighted by molar-refractivity contribution is 5.62. The van der Waals surface area contributed by atoms with Gasteiger partial charge in [-0.2, -0.15) is 0 Å². The Hall–Kier alpha value is -1.78. The molecule has 0 aliphatic carbocycles. The van der Waals surface area contributed by atoms with Gasteiger partial charge in [0, 0.05) is 11.8 Å². The summed E-state index contributed by atoms with van der Waals surface area (Å²) >= 11 is 0. The van der Waals surface area contributed by atoms with Gasteiger partial charge < -0.3 is 10.8 Å². The van der Waals surface area contributed by atoms with E-state index < -0.39 is 6.04 Å². The Morgan fingerprint density at radius 3 is 2.76 bits per heavy atom. The number of aliphatic hydroxyl groups excluding tert-OH is 1. The first-order valence-electron chi connectivity index (χ1n) is 5.47. The highest BCUT2D eigenvalue weighted by Crippen LogP contribution is 2.21. The van der Waals surface area contributed by atoms with Gasteiger partial charge >= 0.3 is 0 Å². The van der Waals surface area contributed by atoms with E-state index in [1.54, 1.807) is 6.20 Å². The molecule has 0 amide bonds. The monoisotopic (exact) mass is 229 g/mol. The lowest BCUT2D eigenvalue weighted by Gasteiger charge is -2.09. The van der Waals surface area contributed by atoms with Crippen molar-refractivity contribution in [1.29, 1.82) is 0 Å². The van der Waals surface area contributed by atoms with Crippen molar-refractivity contribution in [3.63, 3.8) is 0 Å². The average molecular weight is 229 g/mol. The lowest BCUT2D eigenvalue weighted by atomic mass is 10.1. The molecule has 1 aromatic carbocycles. The van der Waals surface area contributed by atoms with E-state index in [9.17, 15) is 0 Å². The summed E-state index contributed by atoms with van der Waals surface area (Å²) in [5, 5.41) is 9.00. The zero-order chi connectivity index (χ0) is 12.3. The Kier molecular flexibility index (Phi) is 3.46. The lowest BCUT2D eigenvalue weighted by Crippen LogP contribution is -2.17. The zero-order valence-electron chi connectivity index (χ0n) is 9.67. The summed E-state index contributed by atoms with van der Waals surface area (Å²) in [6.07, 6.45) is 1.67. The summed E-state index contributed by atoms with van der Waals surface area (Å²) in [6, 6.07) is 9.31. The predicted molar refractivity (Wildman–Crippen MR) is 66.2 cm³/mol. The maximum atomic E-state index is 9.00. The third kappa shape index (κ3) is 2.49. The Bertz CT molecular complexity index is 514. The second kappa shape index (κ2) is 5.03. The average Bonchev–Trinajstić information content (AvgIpc) is 2.38. The second-order valence-electron chi connectivity index (χ2n) is 3.90. The molecule has 88 valence electrons. The van der Waals surface area contributed by atoms with Crippen molar-refractivity contribution in [1.82, 2.24) is 9.97 Å². The summed E-state index contributed by atoms with van der Waals surface area (Å²) in [6.45, 7) is 1.88. The maximum Gasteiger partial charge on any atom is 0.147 e. The molecule has 1 atom stereocenters. The Balaban J connectivity index is 2.43. The van der Waals surface area contributed by atoms with Gasteiger partial charge in [0.05, 0.1) is 18.3 Å². The Morgan fingerprint density at radius 1 is 1.29 bits per heavy atom. The third-order valence-electron chi connectivity index (χ3n) is 2.62. The highest BCUT2D eigenvalue weighted by atomic mass is 16.3. The van der Waals surface area contributed by atoms with E-state index in [4.69, 9.17) is 10.8 Å². The van der Waals surface area contributed by atoms with Gasteiger partial charge in [-0.25, -0.2) is 9.97 Å². The minimum atomic E-state index is -0.529. The van der Waals surface area contributed by atoms with Crippen LogP contribution >= 0.6 is 0 Å². The van der Waals surface area contributed by atoms with Crippen molar-refractivity contribution < 1.29 is 5.11 Å². The molecule has 0 saturated heterocycles. The molecule has 1 heterocycles. The summed E-state index contributed by atoms with van der Waals surface area (Å²) in [5.74, 6) is 0.466. The topological polar surface area (TPSA) is 72.0 Å². The smallest absolute Gasteiger partial charge is 0.147 e. The molecule has 3 N–H and O–H groups in total. The number of hydrogen-bond acceptors (Lipinski definition) is 4. The van der Waals surface area contributed by atoms with Crippen LogP contribution in [0.3, 0.4) is 0 Å². The molecular weight excluding hydrogens is 214 g/mol. The number of nitrogens with zero attached hydrogens (tertiary/aromatic N) is 2. The fraction of sp³-hybridized carbons (Fsp3) is 0.231. The van der Waals surface area contributed by atoms with Gasteiger partial charge in [-0.05, 0) is 18.6 Å². The van der Waals surface area contributed by atoms with E-state index in [-0.39, 0.29) is 6.61 Å². The molecule has 0 aliphatic heterocycles. The number of benzene rings is 1. The van der Waals surface area contributed by atoms with Crippen LogP contribution in [-0.2, 0) is 0 Å². The van der Waals surface area contributed by atoms with Crippen molar-refractivity contribution in [3.8, 4) is 11.3 Å². The van der Waals surface area contributed by atoms with Crippen LogP contribution in [0.5, 0.6) is 0 Å². The minimum Gasteiger partial charge on any atom is -0.394 e. The first kappa shape index (κ1) is 11.7. The van der Waals surface area contributed by atoms with E-state index in [1.165, 1.54) is 0 Å². The van der Waals surface area contributed by atoms with Crippen LogP contribution in [0.2, 0.25) is 0 Å². The molecule has 1 unspecified atom stereocenters. The van der Waals surface area contributed by atoms with Crippen LogP contribution in [0.25, 0.3) is 11.3 Å². The molecule has 2 rings (SSSR count). The predicted octanol–water partition coefficient (Wildman–Crippen LogP) is 1.44. The number of aromatic nitrogens is 2. The molecule has 4 nitrogen and oxygen atoms in total. The van der Waals surface area contributed by atoms with E-state index in [2.05, 4.69) is 9.97 Å². The summed E-state index contributed by atoms with van der Waals surface area (Å²) in [7, 11) is 0. The van der Waals surface area contributed by atoms with Crippen molar-refractivity contribution >= 4 is 0 Å². The number of nitrogens with two attached hydrogens (primary N) is 1. The van der Waals surface area contributed by atoms with Crippen LogP contribution in [0, 0.1) is 6.92 Å². The molecule has 0 bridgehead atoms. The van der Waals surface area contributed by atoms with Crippen LogP contribution in [0.1, 0.15) is 17.4 Å². The fourth-order valence-electron chi connectivity index (χ4n) is 1.64. The SMILES string of the molecule is Cc1ccccc1-c1ccnc(C(N)CO)n1. The zero-order valence-corrected chi connectivity index (χ0v) is 9.67. The van der Waals surface area contributed by atoms with Crippen LogP contribution in [0.4, 0.5) is 0 Å². The molecule has 4 heteroatoms. The van der Waals surface area contributed by atoms with Gasteiger partial charge in [0.15, 0.2) is 0 Å². The van der Waals surface area contributed by atoms with E-state index >= 15 is 0 Å². The summed E-state index contributed by atoms with van der Waals surface area (Å²) in [5.41, 5.74) is 8.74. The third-order valence-corrected chi connectivity index (χ3v) is 2.62. The van der Waals surface area contributed by atoms with E-state index in [0.717, 1.165) is 16.8 Å². The number of aliphatic hydroxyl groups is 1. The Labute approximate surface area is 100 Å². The van der Waals surface area contributed by atoms with E-state index in [1.807, 2.05) is 37.3 Å². The van der Waals surface area contributed by atoms with Crippen molar-refractivity contribution in [2.45, 2.75) is 13.0 Å². The molecule has 0 radical (unpaired) electrons. The quantitative estimate of drug-likeness (QED) is 0.835. The Morgan fingerprint density at radius 2 is 2.06 bits per heavy atom. The molecule has 0 saturated carbocycles. The van der Waals surface area contributed by atoms with Crippen LogP contribution in [0.15, 0.2) is 36.5 Å². The normalized spacial score (nSPS) is 12.4. The molecule has 2 aromatic rings. The highest BCUT2D eigenvalue weighted by Gasteiger charge is 2.09. The van der Waals surface area contributed by atoms with Crippen LogP contribution in [-0.4, -0.2) is 21.7 Å².